The van der Waals surface area contributed by atoms with E-state index in [2.05, 4.69) is 9.88 Å². The van der Waals surface area contributed by atoms with Crippen molar-refractivity contribution in [2.45, 2.75) is 76.5 Å². The lowest BCUT2D eigenvalue weighted by Crippen LogP contribution is -2.23. The molecule has 32 heavy (non-hydrogen) atoms. The largest absolute Gasteiger partial charge is 0.485 e. The summed E-state index contributed by atoms with van der Waals surface area (Å²) < 4.78 is 24.0. The average Bonchev–Trinajstić information content (AvgIpc) is 3.36. The number of hydrogen-bond donors (Lipinski definition) is 1. The maximum absolute atomic E-state index is 15.8. The minimum absolute atomic E-state index is 0.0713. The Morgan fingerprint density at radius 2 is 1.69 bits per heavy atom. The normalized spacial score (nSPS) is 17.7. The molecule has 168 valence electrons. The van der Waals surface area contributed by atoms with Gasteiger partial charge in [-0.15, -0.1) is 0 Å². The summed E-state index contributed by atoms with van der Waals surface area (Å²) in [4.78, 5) is 13.0. The second kappa shape index (κ2) is 9.35. The Balaban J connectivity index is 1.61. The van der Waals surface area contributed by atoms with Crippen molar-refractivity contribution in [1.29, 1.82) is 0 Å². The predicted octanol–water partition coefficient (Wildman–Crippen LogP) is 6.58. The Morgan fingerprint density at radius 3 is 2.44 bits per heavy atom. The van der Waals surface area contributed by atoms with Gasteiger partial charge in [0.25, 0.3) is 0 Å². The molecule has 0 bridgehead atoms. The molecule has 2 saturated carbocycles. The van der Waals surface area contributed by atoms with E-state index in [9.17, 15) is 4.79 Å². The molecule has 2 aliphatic rings. The van der Waals surface area contributed by atoms with Crippen molar-refractivity contribution >= 4 is 16.6 Å². The molecule has 0 aliphatic heterocycles. The van der Waals surface area contributed by atoms with Gasteiger partial charge in [-0.25, -0.2) is 4.39 Å². The van der Waals surface area contributed by atoms with Gasteiger partial charge in [0.1, 0.15) is 6.61 Å². The van der Waals surface area contributed by atoms with Crippen LogP contribution in [0.5, 0.6) is 5.75 Å². The molecule has 0 saturated heterocycles. The van der Waals surface area contributed by atoms with E-state index in [-0.39, 0.29) is 23.8 Å². The Morgan fingerprint density at radius 1 is 0.969 bits per heavy atom. The SMILES string of the molecule is O=c1ccn(C2CCCC2)c2cc(NC3CCCCC3)c(F)c(OCc3ccccc3)c12. The summed E-state index contributed by atoms with van der Waals surface area (Å²) in [5, 5.41) is 3.80. The molecule has 1 aromatic heterocycles. The molecule has 5 heteroatoms. The zero-order chi connectivity index (χ0) is 21.9. The predicted molar refractivity (Wildman–Crippen MR) is 127 cm³/mol. The van der Waals surface area contributed by atoms with Crippen LogP contribution >= 0.6 is 0 Å². The van der Waals surface area contributed by atoms with Crippen molar-refractivity contribution in [2.75, 3.05) is 5.32 Å². The first-order chi connectivity index (χ1) is 15.7. The molecule has 2 aliphatic carbocycles. The van der Waals surface area contributed by atoms with Gasteiger partial charge in [0.2, 0.25) is 0 Å². The van der Waals surface area contributed by atoms with E-state index < -0.39 is 5.82 Å². The van der Waals surface area contributed by atoms with Gasteiger partial charge in [-0.3, -0.25) is 4.79 Å². The van der Waals surface area contributed by atoms with Crippen molar-refractivity contribution in [3.63, 3.8) is 0 Å². The lowest BCUT2D eigenvalue weighted by atomic mass is 9.95. The zero-order valence-corrected chi connectivity index (χ0v) is 18.5. The van der Waals surface area contributed by atoms with Crippen molar-refractivity contribution in [3.05, 3.63) is 70.3 Å². The topological polar surface area (TPSA) is 43.3 Å². The van der Waals surface area contributed by atoms with Crippen LogP contribution in [0.25, 0.3) is 10.9 Å². The van der Waals surface area contributed by atoms with Gasteiger partial charge in [0.05, 0.1) is 16.6 Å². The number of nitrogens with zero attached hydrogens (tertiary/aromatic N) is 1. The first kappa shape index (κ1) is 21.0. The molecule has 3 aromatic rings. The molecular formula is C27H31FN2O2. The fraction of sp³-hybridized carbons (Fsp3) is 0.444. The third kappa shape index (κ3) is 4.25. The summed E-state index contributed by atoms with van der Waals surface area (Å²) in [6.45, 7) is 0.220. The van der Waals surface area contributed by atoms with Gasteiger partial charge in [0.15, 0.2) is 17.0 Å². The minimum Gasteiger partial charge on any atom is -0.485 e. The standard InChI is InChI=1S/C27H31FN2O2/c28-26-22(29-20-11-5-2-6-12-20)17-23-25(27(26)32-18-19-9-3-1-4-10-19)24(31)15-16-30(23)21-13-7-8-14-21/h1,3-4,9-10,15-17,20-21,29H,2,5-8,11-14,18H2. The van der Waals surface area contributed by atoms with E-state index in [0.717, 1.165) is 49.6 Å². The molecule has 2 aromatic carbocycles. The van der Waals surface area contributed by atoms with Crippen LogP contribution in [0, 0.1) is 5.82 Å². The van der Waals surface area contributed by atoms with Crippen molar-refractivity contribution < 1.29 is 9.13 Å². The van der Waals surface area contributed by atoms with E-state index in [1.807, 2.05) is 42.6 Å². The Hall–Kier alpha value is -2.82. The number of benzene rings is 2. The average molecular weight is 435 g/mol. The fourth-order valence-corrected chi connectivity index (χ4v) is 5.31. The quantitative estimate of drug-likeness (QED) is 0.477. The molecular weight excluding hydrogens is 403 g/mol. The third-order valence-electron chi connectivity index (χ3n) is 7.02. The van der Waals surface area contributed by atoms with Crippen LogP contribution in [-0.4, -0.2) is 10.6 Å². The first-order valence-corrected chi connectivity index (χ1v) is 12.0. The summed E-state index contributed by atoms with van der Waals surface area (Å²) in [5.41, 5.74) is 1.97. The Labute approximate surface area is 188 Å². The lowest BCUT2D eigenvalue weighted by Gasteiger charge is -2.26. The van der Waals surface area contributed by atoms with Crippen molar-refractivity contribution in [1.82, 2.24) is 4.57 Å². The molecule has 4 nitrogen and oxygen atoms in total. The van der Waals surface area contributed by atoms with Gasteiger partial charge in [0, 0.05) is 24.3 Å². The number of nitrogens with one attached hydrogen (secondary N) is 1. The minimum atomic E-state index is -0.458. The fourth-order valence-electron chi connectivity index (χ4n) is 5.31. The summed E-state index contributed by atoms with van der Waals surface area (Å²) in [7, 11) is 0. The number of hydrogen-bond acceptors (Lipinski definition) is 3. The van der Waals surface area contributed by atoms with Crippen molar-refractivity contribution in [3.8, 4) is 5.75 Å². The van der Waals surface area contributed by atoms with Crippen LogP contribution in [0.1, 0.15) is 69.4 Å². The van der Waals surface area contributed by atoms with E-state index in [0.29, 0.717) is 17.1 Å². The second-order valence-electron chi connectivity index (χ2n) is 9.24. The highest BCUT2D eigenvalue weighted by atomic mass is 19.1. The maximum Gasteiger partial charge on any atom is 0.193 e. The zero-order valence-electron chi connectivity index (χ0n) is 18.5. The van der Waals surface area contributed by atoms with Gasteiger partial charge in [-0.1, -0.05) is 62.4 Å². The summed E-state index contributed by atoms with van der Waals surface area (Å²) >= 11 is 0. The van der Waals surface area contributed by atoms with Crippen molar-refractivity contribution in [2.24, 2.45) is 0 Å². The number of fused-ring (bicyclic) bond motifs is 1. The van der Waals surface area contributed by atoms with Gasteiger partial charge in [-0.2, -0.15) is 0 Å². The summed E-state index contributed by atoms with van der Waals surface area (Å²) in [5.74, 6) is -0.387. The van der Waals surface area contributed by atoms with Gasteiger partial charge >= 0.3 is 0 Å². The van der Waals surface area contributed by atoms with E-state index in [1.54, 1.807) is 6.07 Å². The van der Waals surface area contributed by atoms with Gasteiger partial charge < -0.3 is 14.6 Å². The maximum atomic E-state index is 15.8. The van der Waals surface area contributed by atoms with Crippen LogP contribution in [0.2, 0.25) is 0 Å². The number of pyridine rings is 1. The molecule has 0 unspecified atom stereocenters. The van der Waals surface area contributed by atoms with Crippen LogP contribution in [0.3, 0.4) is 0 Å². The highest BCUT2D eigenvalue weighted by Crippen LogP contribution is 2.38. The second-order valence-corrected chi connectivity index (χ2v) is 9.24. The molecule has 0 spiro atoms. The van der Waals surface area contributed by atoms with E-state index >= 15 is 4.39 Å². The number of ether oxygens (including phenoxy) is 1. The molecule has 1 heterocycles. The molecule has 5 rings (SSSR count). The Kier molecular flexibility index (Phi) is 6.15. The first-order valence-electron chi connectivity index (χ1n) is 12.0. The summed E-state index contributed by atoms with van der Waals surface area (Å²) in [6.07, 6.45) is 12.1. The number of rotatable bonds is 6. The highest BCUT2D eigenvalue weighted by molar-refractivity contribution is 5.89. The Bertz CT molecular complexity index is 1130. The molecule has 2 fully saturated rings. The van der Waals surface area contributed by atoms with Crippen LogP contribution in [0.15, 0.2) is 53.5 Å². The number of halogens is 1. The molecule has 0 radical (unpaired) electrons. The molecule has 1 N–H and O–H groups in total. The van der Waals surface area contributed by atoms with Crippen LogP contribution in [-0.2, 0) is 6.61 Å². The van der Waals surface area contributed by atoms with Gasteiger partial charge in [-0.05, 0) is 37.3 Å². The van der Waals surface area contributed by atoms with Crippen LogP contribution < -0.4 is 15.5 Å². The number of aromatic nitrogens is 1. The third-order valence-corrected chi connectivity index (χ3v) is 7.02. The number of anilines is 1. The highest BCUT2D eigenvalue weighted by Gasteiger charge is 2.25. The monoisotopic (exact) mass is 434 g/mol. The molecule has 0 amide bonds. The molecule has 0 atom stereocenters. The summed E-state index contributed by atoms with van der Waals surface area (Å²) in [6, 6.07) is 13.7. The van der Waals surface area contributed by atoms with E-state index in [4.69, 9.17) is 4.74 Å². The van der Waals surface area contributed by atoms with E-state index in [1.165, 1.54) is 19.3 Å². The smallest absolute Gasteiger partial charge is 0.193 e. The van der Waals surface area contributed by atoms with Crippen LogP contribution in [0.4, 0.5) is 10.1 Å². The lowest BCUT2D eigenvalue weighted by molar-refractivity contribution is 0.294.